The second-order valence-corrected chi connectivity index (χ2v) is 9.18. The lowest BCUT2D eigenvalue weighted by atomic mass is 9.76. The summed E-state index contributed by atoms with van der Waals surface area (Å²) in [5.41, 5.74) is 2.59. The fraction of sp³-hybridized carbons (Fsp3) is 0.857. The van der Waals surface area contributed by atoms with Gasteiger partial charge in [-0.05, 0) is 51.4 Å². The Morgan fingerprint density at radius 3 is 1.46 bits per heavy atom. The van der Waals surface area contributed by atoms with Gasteiger partial charge in [0.1, 0.15) is 0 Å². The molecule has 1 saturated carbocycles. The first-order chi connectivity index (χ1) is 13.4. The van der Waals surface area contributed by atoms with E-state index in [9.17, 15) is 0 Å². The molecule has 0 N–H and O–H groups in total. The maximum Gasteiger partial charge on any atom is -0.0326 e. The van der Waals surface area contributed by atoms with E-state index in [1.165, 1.54) is 114 Å². The van der Waals surface area contributed by atoms with Crippen LogP contribution < -0.4 is 0 Å². The van der Waals surface area contributed by atoms with Gasteiger partial charge in [0.05, 0.1) is 0 Å². The Morgan fingerprint density at radius 2 is 1.11 bits per heavy atom. The molecule has 0 spiro atoms. The van der Waals surface area contributed by atoms with E-state index in [0.717, 1.165) is 11.8 Å². The van der Waals surface area contributed by atoms with Gasteiger partial charge in [-0.1, -0.05) is 116 Å². The Labute approximate surface area is 180 Å². The second-order valence-electron chi connectivity index (χ2n) is 9.18. The molecule has 0 bridgehead atoms. The number of rotatable bonds is 12. The monoisotopic (exact) mass is 392 g/mol. The van der Waals surface area contributed by atoms with Gasteiger partial charge in [0, 0.05) is 0 Å². The molecule has 1 aliphatic rings. The Balaban J connectivity index is 0. The van der Waals surface area contributed by atoms with Crippen molar-refractivity contribution in [2.45, 2.75) is 144 Å². The molecular weight excluding hydrogens is 336 g/mol. The maximum atomic E-state index is 3.85. The van der Waals surface area contributed by atoms with Crippen LogP contribution in [0.2, 0.25) is 0 Å². The van der Waals surface area contributed by atoms with Crippen LogP contribution in [0.1, 0.15) is 144 Å². The first-order valence-electron chi connectivity index (χ1n) is 12.7. The number of hydrogen-bond acceptors (Lipinski definition) is 0. The van der Waals surface area contributed by atoms with Crippen LogP contribution >= 0.6 is 0 Å². The van der Waals surface area contributed by atoms with Crippen LogP contribution in [0, 0.1) is 11.8 Å². The molecule has 1 fully saturated rings. The molecule has 2 unspecified atom stereocenters. The van der Waals surface area contributed by atoms with Crippen LogP contribution in [0.25, 0.3) is 0 Å². The summed E-state index contributed by atoms with van der Waals surface area (Å²) in [5, 5.41) is 0. The molecule has 0 radical (unpaired) electrons. The molecule has 0 aromatic heterocycles. The molecular formula is C28H56. The topological polar surface area (TPSA) is 0 Å². The van der Waals surface area contributed by atoms with Crippen LogP contribution in [0.5, 0.6) is 0 Å². The van der Waals surface area contributed by atoms with Crippen molar-refractivity contribution < 1.29 is 0 Å². The van der Waals surface area contributed by atoms with Crippen molar-refractivity contribution in [1.29, 1.82) is 0 Å². The summed E-state index contributed by atoms with van der Waals surface area (Å²) in [7, 11) is 0. The van der Waals surface area contributed by atoms with Gasteiger partial charge >= 0.3 is 0 Å². The number of hydrogen-bond donors (Lipinski definition) is 0. The minimum Gasteiger partial charge on any atom is -0.100 e. The lowest BCUT2D eigenvalue weighted by molar-refractivity contribution is 0.216. The van der Waals surface area contributed by atoms with E-state index in [2.05, 4.69) is 54.7 Å². The molecule has 2 atom stereocenters. The van der Waals surface area contributed by atoms with Crippen LogP contribution in [-0.4, -0.2) is 0 Å². The molecule has 28 heavy (non-hydrogen) atoms. The molecule has 0 heteroatoms. The summed E-state index contributed by atoms with van der Waals surface area (Å²) in [4.78, 5) is 0. The lowest BCUT2D eigenvalue weighted by Crippen LogP contribution is -2.18. The highest BCUT2D eigenvalue weighted by atomic mass is 14.3. The predicted octanol–water partition coefficient (Wildman–Crippen LogP) is 10.7. The summed E-state index contributed by atoms with van der Waals surface area (Å²) >= 11 is 0. The molecule has 1 rings (SSSR count). The van der Waals surface area contributed by atoms with Gasteiger partial charge in [-0.3, -0.25) is 0 Å². The Bertz CT molecular complexity index is 316. The first kappa shape index (κ1) is 29.7. The Kier molecular flexibility index (Phi) is 24.1. The van der Waals surface area contributed by atoms with Crippen molar-refractivity contribution in [3.8, 4) is 0 Å². The van der Waals surface area contributed by atoms with Gasteiger partial charge in [-0.25, -0.2) is 0 Å². The van der Waals surface area contributed by atoms with Crippen molar-refractivity contribution in [3.05, 3.63) is 24.3 Å². The van der Waals surface area contributed by atoms with E-state index in [-0.39, 0.29) is 0 Å². The van der Waals surface area contributed by atoms with E-state index in [1.54, 1.807) is 0 Å². The van der Waals surface area contributed by atoms with Crippen LogP contribution in [-0.2, 0) is 0 Å². The smallest absolute Gasteiger partial charge is 0.0326 e. The van der Waals surface area contributed by atoms with Gasteiger partial charge in [-0.15, -0.1) is 13.2 Å². The quantitative estimate of drug-likeness (QED) is 0.229. The fourth-order valence-corrected chi connectivity index (χ4v) is 4.10. The molecule has 0 amide bonds. The van der Waals surface area contributed by atoms with Gasteiger partial charge in [0.15, 0.2) is 0 Å². The molecule has 0 aromatic carbocycles. The molecule has 0 aromatic rings. The zero-order chi connectivity index (χ0) is 21.6. The summed E-state index contributed by atoms with van der Waals surface area (Å²) in [5.74, 6) is 2.16. The standard InChI is InChI=1S/C11H22.C10H18.C7H16/c1-3-7-11-9-6-5-8-10(11)4-2;1-9(2)7-5-6-8-10(3)4;1-3-5-7-6-4-2/h10-11H,3-9H2,1-2H3;1,3,5-8H2,2,4H3;3-7H2,1-2H3. The second kappa shape index (κ2) is 22.8. The third-order valence-corrected chi connectivity index (χ3v) is 5.91. The average Bonchev–Trinajstić information content (AvgIpc) is 2.67. The third kappa shape index (κ3) is 21.8. The van der Waals surface area contributed by atoms with E-state index in [4.69, 9.17) is 0 Å². The van der Waals surface area contributed by atoms with Gasteiger partial charge in [-0.2, -0.15) is 0 Å². The Hall–Kier alpha value is -0.520. The molecule has 168 valence electrons. The third-order valence-electron chi connectivity index (χ3n) is 5.91. The van der Waals surface area contributed by atoms with E-state index in [1.807, 2.05) is 0 Å². The van der Waals surface area contributed by atoms with Crippen molar-refractivity contribution in [3.63, 3.8) is 0 Å². The SMILES string of the molecule is C=C(C)CCCCC(=C)C.CCCC1CCCCC1CC.CCCCCCC. The zero-order valence-corrected chi connectivity index (χ0v) is 20.9. The molecule has 0 nitrogen and oxygen atoms in total. The van der Waals surface area contributed by atoms with E-state index < -0.39 is 0 Å². The van der Waals surface area contributed by atoms with E-state index >= 15 is 0 Å². The molecule has 0 aliphatic heterocycles. The summed E-state index contributed by atoms with van der Waals surface area (Å²) in [6, 6.07) is 0. The van der Waals surface area contributed by atoms with Crippen LogP contribution in [0.4, 0.5) is 0 Å². The van der Waals surface area contributed by atoms with Crippen molar-refractivity contribution >= 4 is 0 Å². The number of unbranched alkanes of at least 4 members (excludes halogenated alkanes) is 5. The minimum absolute atomic E-state index is 1.07. The van der Waals surface area contributed by atoms with Crippen molar-refractivity contribution in [2.75, 3.05) is 0 Å². The highest BCUT2D eigenvalue weighted by molar-refractivity contribution is 4.90. The van der Waals surface area contributed by atoms with Crippen LogP contribution in [0.3, 0.4) is 0 Å². The van der Waals surface area contributed by atoms with E-state index in [0.29, 0.717) is 0 Å². The fourth-order valence-electron chi connectivity index (χ4n) is 4.10. The predicted molar refractivity (Wildman–Crippen MR) is 133 cm³/mol. The molecule has 0 saturated heterocycles. The minimum atomic E-state index is 1.07. The molecule has 0 heterocycles. The maximum absolute atomic E-state index is 3.85. The normalized spacial score (nSPS) is 18.4. The lowest BCUT2D eigenvalue weighted by Gasteiger charge is -2.30. The van der Waals surface area contributed by atoms with Gasteiger partial charge in [0.25, 0.3) is 0 Å². The van der Waals surface area contributed by atoms with Crippen molar-refractivity contribution in [1.82, 2.24) is 0 Å². The summed E-state index contributed by atoms with van der Waals surface area (Å²) < 4.78 is 0. The van der Waals surface area contributed by atoms with Crippen LogP contribution in [0.15, 0.2) is 24.3 Å². The van der Waals surface area contributed by atoms with Crippen molar-refractivity contribution in [2.24, 2.45) is 11.8 Å². The highest BCUT2D eigenvalue weighted by Gasteiger charge is 2.22. The summed E-state index contributed by atoms with van der Waals surface area (Å²) in [6.07, 6.45) is 22.2. The first-order valence-corrected chi connectivity index (χ1v) is 12.7. The average molecular weight is 393 g/mol. The zero-order valence-electron chi connectivity index (χ0n) is 20.9. The number of allylic oxidation sites excluding steroid dienone is 2. The Morgan fingerprint density at radius 1 is 0.643 bits per heavy atom. The largest absolute Gasteiger partial charge is 0.100 e. The van der Waals surface area contributed by atoms with Gasteiger partial charge in [0.2, 0.25) is 0 Å². The van der Waals surface area contributed by atoms with Gasteiger partial charge < -0.3 is 0 Å². The highest BCUT2D eigenvalue weighted by Crippen LogP contribution is 2.34. The molecule has 1 aliphatic carbocycles. The summed E-state index contributed by atoms with van der Waals surface area (Å²) in [6.45, 7) is 21.0.